The zero-order valence-electron chi connectivity index (χ0n) is 21.6. The first-order valence-corrected chi connectivity index (χ1v) is 12.6. The van der Waals surface area contributed by atoms with Gasteiger partial charge in [-0.2, -0.15) is 0 Å². The van der Waals surface area contributed by atoms with Crippen molar-refractivity contribution >= 4 is 17.4 Å². The van der Waals surface area contributed by atoms with Gasteiger partial charge in [0.05, 0.1) is 26.4 Å². The van der Waals surface area contributed by atoms with Crippen molar-refractivity contribution in [2.75, 3.05) is 63.4 Å². The maximum atomic E-state index is 11.9. The number of carbonyl (C=O) groups is 1. The second-order valence-electron chi connectivity index (χ2n) is 8.41. The molecule has 2 rings (SSSR count). The number of hydrogen-bond acceptors (Lipinski definition) is 7. The van der Waals surface area contributed by atoms with Crippen LogP contribution in [-0.2, 0) is 14.2 Å². The van der Waals surface area contributed by atoms with Gasteiger partial charge in [-0.3, -0.25) is 5.32 Å². The van der Waals surface area contributed by atoms with Crippen LogP contribution in [-0.4, -0.2) is 70.2 Å². The average molecular weight is 503 g/mol. The largest absolute Gasteiger partial charge is 0.379 e. The molecular weight excluding hydrogens is 460 g/mol. The molecule has 0 heterocycles. The molecule has 5 N–H and O–H groups in total. The predicted octanol–water partition coefficient (Wildman–Crippen LogP) is 3.62. The highest BCUT2D eigenvalue weighted by molar-refractivity contribution is 5.89. The first-order chi connectivity index (χ1) is 17.6. The minimum Gasteiger partial charge on any atom is -0.379 e. The maximum Gasteiger partial charge on any atom is 0.319 e. The number of urea groups is 1. The van der Waals surface area contributed by atoms with Crippen LogP contribution in [0.3, 0.4) is 0 Å². The summed E-state index contributed by atoms with van der Waals surface area (Å²) in [6, 6.07) is 15.3. The Kier molecular flexibility index (Phi) is 15.2. The Labute approximate surface area is 214 Å². The quantitative estimate of drug-likeness (QED) is 0.147. The average Bonchev–Trinajstić information content (AvgIpc) is 2.86. The Hall–Kier alpha value is -2.69. The number of amides is 2. The lowest BCUT2D eigenvalue weighted by Crippen LogP contribution is -2.37. The van der Waals surface area contributed by atoms with Crippen molar-refractivity contribution in [1.82, 2.24) is 10.6 Å². The Bertz CT molecular complexity index is 868. The van der Waals surface area contributed by atoms with Crippen LogP contribution in [0.25, 0.3) is 0 Å². The third-order valence-electron chi connectivity index (χ3n) is 5.38. The van der Waals surface area contributed by atoms with E-state index in [-0.39, 0.29) is 6.03 Å². The molecule has 36 heavy (non-hydrogen) atoms. The topological polar surface area (TPSA) is 113 Å². The summed E-state index contributed by atoms with van der Waals surface area (Å²) in [5.74, 6) is 0. The summed E-state index contributed by atoms with van der Waals surface area (Å²) >= 11 is 0. The lowest BCUT2D eigenvalue weighted by molar-refractivity contribution is 0.0132. The van der Waals surface area contributed by atoms with Gasteiger partial charge in [-0.1, -0.05) is 36.4 Å². The van der Waals surface area contributed by atoms with Crippen molar-refractivity contribution in [1.29, 1.82) is 0 Å². The summed E-state index contributed by atoms with van der Waals surface area (Å²) in [5.41, 5.74) is 3.85. The molecule has 0 aliphatic rings. The Morgan fingerprint density at radius 2 is 1.31 bits per heavy atom. The van der Waals surface area contributed by atoms with Gasteiger partial charge in [0.2, 0.25) is 0 Å². The van der Waals surface area contributed by atoms with Crippen LogP contribution >= 0.6 is 0 Å². The molecule has 0 aliphatic heterocycles. The van der Waals surface area contributed by atoms with Crippen LogP contribution in [0.2, 0.25) is 0 Å². The molecule has 1 unspecified atom stereocenters. The fourth-order valence-electron chi connectivity index (χ4n) is 3.30. The number of aliphatic hydroxyl groups is 1. The van der Waals surface area contributed by atoms with Crippen molar-refractivity contribution < 1.29 is 24.1 Å². The Morgan fingerprint density at radius 1 is 0.750 bits per heavy atom. The lowest BCUT2D eigenvalue weighted by atomic mass is 10.2. The van der Waals surface area contributed by atoms with E-state index in [9.17, 15) is 9.90 Å². The predicted molar refractivity (Wildman–Crippen MR) is 143 cm³/mol. The lowest BCUT2D eigenvalue weighted by Gasteiger charge is -2.17. The highest BCUT2D eigenvalue weighted by atomic mass is 16.5. The van der Waals surface area contributed by atoms with Crippen molar-refractivity contribution in [3.8, 4) is 0 Å². The second-order valence-corrected chi connectivity index (χ2v) is 8.41. The molecule has 9 heteroatoms. The van der Waals surface area contributed by atoms with E-state index >= 15 is 0 Å². The maximum absolute atomic E-state index is 11.9. The van der Waals surface area contributed by atoms with Gasteiger partial charge in [-0.05, 0) is 56.4 Å². The van der Waals surface area contributed by atoms with Gasteiger partial charge in [0.25, 0.3) is 0 Å². The summed E-state index contributed by atoms with van der Waals surface area (Å²) in [6.45, 7) is 8.55. The van der Waals surface area contributed by atoms with E-state index in [1.807, 2.05) is 62.4 Å². The first-order valence-electron chi connectivity index (χ1n) is 12.6. The van der Waals surface area contributed by atoms with Crippen molar-refractivity contribution in [3.05, 3.63) is 59.7 Å². The van der Waals surface area contributed by atoms with Crippen molar-refractivity contribution in [2.45, 2.75) is 39.5 Å². The molecule has 0 aliphatic carbocycles. The number of hydrogen-bond donors (Lipinski definition) is 5. The normalized spacial score (nSPS) is 11.8. The van der Waals surface area contributed by atoms with E-state index in [1.165, 1.54) is 0 Å². The summed E-state index contributed by atoms with van der Waals surface area (Å²) < 4.78 is 16.6. The third kappa shape index (κ3) is 13.4. The Balaban J connectivity index is 1.30. The van der Waals surface area contributed by atoms with Crippen molar-refractivity contribution in [3.63, 3.8) is 0 Å². The van der Waals surface area contributed by atoms with E-state index in [4.69, 9.17) is 14.2 Å². The number of benzene rings is 2. The highest BCUT2D eigenvalue weighted by Gasteiger charge is 2.04. The number of nitrogens with one attached hydrogen (secondary N) is 4. The van der Waals surface area contributed by atoms with Gasteiger partial charge in [0, 0.05) is 37.7 Å². The molecular formula is C27H42N4O5. The molecule has 0 saturated carbocycles. The number of anilines is 2. The molecule has 2 aromatic rings. The zero-order valence-corrected chi connectivity index (χ0v) is 21.6. The van der Waals surface area contributed by atoms with E-state index in [0.717, 1.165) is 41.8 Å². The molecule has 0 radical (unpaired) electrons. The molecule has 9 nitrogen and oxygen atoms in total. The van der Waals surface area contributed by atoms with Gasteiger partial charge in [-0.15, -0.1) is 0 Å². The molecule has 2 amide bonds. The number of ether oxygens (including phenoxy) is 3. The van der Waals surface area contributed by atoms with Gasteiger partial charge in [0.15, 0.2) is 6.35 Å². The third-order valence-corrected chi connectivity index (χ3v) is 5.38. The Morgan fingerprint density at radius 3 is 1.94 bits per heavy atom. The molecule has 0 spiro atoms. The van der Waals surface area contributed by atoms with E-state index < -0.39 is 6.35 Å². The van der Waals surface area contributed by atoms with Crippen LogP contribution in [0.4, 0.5) is 16.2 Å². The van der Waals surface area contributed by atoms with E-state index in [0.29, 0.717) is 52.7 Å². The fraction of sp³-hybridized carbons (Fsp3) is 0.519. The number of para-hydroxylation sites is 2. The molecule has 1 atom stereocenters. The smallest absolute Gasteiger partial charge is 0.319 e. The van der Waals surface area contributed by atoms with Gasteiger partial charge in [0.1, 0.15) is 0 Å². The summed E-state index contributed by atoms with van der Waals surface area (Å²) in [5, 5.41) is 21.7. The van der Waals surface area contributed by atoms with Gasteiger partial charge in [-0.25, -0.2) is 4.79 Å². The minimum atomic E-state index is -0.797. The van der Waals surface area contributed by atoms with Crippen molar-refractivity contribution in [2.24, 2.45) is 0 Å². The zero-order chi connectivity index (χ0) is 25.8. The fourth-order valence-corrected chi connectivity index (χ4v) is 3.30. The van der Waals surface area contributed by atoms with Crippen LogP contribution in [0.5, 0.6) is 0 Å². The minimum absolute atomic E-state index is 0.190. The summed E-state index contributed by atoms with van der Waals surface area (Å²) in [6.07, 6.45) is 1.72. The van der Waals surface area contributed by atoms with E-state index in [2.05, 4.69) is 21.3 Å². The summed E-state index contributed by atoms with van der Waals surface area (Å²) in [7, 11) is 0. The first kappa shape index (κ1) is 29.5. The molecule has 0 aromatic heterocycles. The standard InChI is InChI=1S/C27H42N4O5/c1-22-10-3-5-12-24(22)30-26(32)28-14-7-8-16-34-18-20-36-21-19-35-17-9-15-29-27(33)31-25-13-6-4-11-23(25)2/h3-6,10-13,27,29,31,33H,7-9,14-21H2,1-2H3,(H2,28,30,32). The van der Waals surface area contributed by atoms with Crippen LogP contribution in [0.15, 0.2) is 48.5 Å². The SMILES string of the molecule is Cc1ccccc1NC(=O)NCCCCOCCOCCOCCCNC(O)Nc1ccccc1C. The number of carbonyl (C=O) groups excluding carboxylic acids is 1. The summed E-state index contributed by atoms with van der Waals surface area (Å²) in [4.78, 5) is 11.9. The van der Waals surface area contributed by atoms with Crippen LogP contribution in [0, 0.1) is 13.8 Å². The molecule has 0 saturated heterocycles. The molecule has 2 aromatic carbocycles. The second kappa shape index (κ2) is 18.6. The number of aliphatic hydroxyl groups excluding tert-OH is 1. The van der Waals surface area contributed by atoms with Crippen LogP contribution < -0.4 is 21.3 Å². The number of aryl methyl sites for hydroxylation is 2. The van der Waals surface area contributed by atoms with Gasteiger partial charge < -0.3 is 35.3 Å². The highest BCUT2D eigenvalue weighted by Crippen LogP contribution is 2.13. The number of rotatable bonds is 19. The monoisotopic (exact) mass is 502 g/mol. The molecule has 0 bridgehead atoms. The molecule has 0 fully saturated rings. The van der Waals surface area contributed by atoms with Gasteiger partial charge >= 0.3 is 6.03 Å². The molecule has 200 valence electrons. The number of unbranched alkanes of at least 4 members (excludes halogenated alkanes) is 1. The van der Waals surface area contributed by atoms with E-state index in [1.54, 1.807) is 0 Å². The van der Waals surface area contributed by atoms with Crippen LogP contribution in [0.1, 0.15) is 30.4 Å².